The summed E-state index contributed by atoms with van der Waals surface area (Å²) in [5.41, 5.74) is 0.512. The van der Waals surface area contributed by atoms with Crippen LogP contribution in [0.3, 0.4) is 0 Å². The lowest BCUT2D eigenvalue weighted by atomic mass is 10.3. The van der Waals surface area contributed by atoms with Crippen molar-refractivity contribution in [2.75, 3.05) is 19.0 Å². The fourth-order valence-electron chi connectivity index (χ4n) is 2.00. The third kappa shape index (κ3) is 3.58. The summed E-state index contributed by atoms with van der Waals surface area (Å²) in [5.74, 6) is 0.822. The topological polar surface area (TPSA) is 66.2 Å². The van der Waals surface area contributed by atoms with Crippen molar-refractivity contribution >= 4 is 17.5 Å². The van der Waals surface area contributed by atoms with Crippen LogP contribution in [0.2, 0.25) is 0 Å². The Balaban J connectivity index is 1.91. The third-order valence-electron chi connectivity index (χ3n) is 2.96. The summed E-state index contributed by atoms with van der Waals surface area (Å²) in [6.07, 6.45) is 2.60. The number of nitrogens with zero attached hydrogens (tertiary/aromatic N) is 3. The first kappa shape index (κ1) is 13.6. The summed E-state index contributed by atoms with van der Waals surface area (Å²) in [4.78, 5) is 17.5. The highest BCUT2D eigenvalue weighted by Crippen LogP contribution is 2.18. The summed E-state index contributed by atoms with van der Waals surface area (Å²) in [6, 6.07) is 5.26. The van der Waals surface area contributed by atoms with E-state index in [1.54, 1.807) is 23.2 Å². The molecule has 1 aliphatic heterocycles. The molecule has 100 valence electrons. The molecule has 0 aromatic carbocycles. The van der Waals surface area contributed by atoms with Crippen LogP contribution in [-0.4, -0.2) is 40.9 Å². The van der Waals surface area contributed by atoms with Crippen LogP contribution < -0.4 is 4.74 Å². The van der Waals surface area contributed by atoms with Crippen LogP contribution in [0.4, 0.5) is 0 Å². The van der Waals surface area contributed by atoms with Gasteiger partial charge in [0.05, 0.1) is 18.2 Å². The number of rotatable bonds is 4. The molecule has 1 aromatic heterocycles. The lowest BCUT2D eigenvalue weighted by Gasteiger charge is -2.16. The van der Waals surface area contributed by atoms with Gasteiger partial charge in [-0.15, -0.1) is 11.6 Å². The number of nitriles is 1. The summed E-state index contributed by atoms with van der Waals surface area (Å²) < 4.78 is 5.69. The number of hydrogen-bond acceptors (Lipinski definition) is 4. The van der Waals surface area contributed by atoms with Gasteiger partial charge in [0.25, 0.3) is 0 Å². The Morgan fingerprint density at radius 3 is 3.26 bits per heavy atom. The molecule has 0 aliphatic carbocycles. The Hall–Kier alpha value is -1.80. The highest BCUT2D eigenvalue weighted by Gasteiger charge is 2.27. The Morgan fingerprint density at radius 2 is 2.53 bits per heavy atom. The van der Waals surface area contributed by atoms with Crippen LogP contribution in [0, 0.1) is 11.3 Å². The van der Waals surface area contributed by atoms with Gasteiger partial charge in [-0.3, -0.25) is 4.79 Å². The minimum absolute atomic E-state index is 0.0554. The molecule has 1 aromatic rings. The molecule has 6 heteroatoms. The predicted octanol–water partition coefficient (Wildman–Crippen LogP) is 1.56. The SMILES string of the molecule is N#Cc1ccnc(OC2CCN(C(=O)CCCl)C2)c1. The number of carbonyl (C=O) groups excluding carboxylic acids is 1. The number of pyridine rings is 1. The molecule has 0 N–H and O–H groups in total. The van der Waals surface area contributed by atoms with Crippen molar-refractivity contribution in [2.45, 2.75) is 18.9 Å². The Labute approximate surface area is 116 Å². The molecule has 1 fully saturated rings. The van der Waals surface area contributed by atoms with Gasteiger partial charge < -0.3 is 9.64 Å². The van der Waals surface area contributed by atoms with Gasteiger partial charge in [-0.25, -0.2) is 4.98 Å². The van der Waals surface area contributed by atoms with E-state index in [9.17, 15) is 4.79 Å². The number of alkyl halides is 1. The van der Waals surface area contributed by atoms with Crippen molar-refractivity contribution < 1.29 is 9.53 Å². The van der Waals surface area contributed by atoms with Gasteiger partial charge in [-0.1, -0.05) is 0 Å². The number of aromatic nitrogens is 1. The van der Waals surface area contributed by atoms with Crippen molar-refractivity contribution in [3.8, 4) is 11.9 Å². The minimum Gasteiger partial charge on any atom is -0.472 e. The van der Waals surface area contributed by atoms with Gasteiger partial charge in [0.15, 0.2) is 0 Å². The van der Waals surface area contributed by atoms with Crippen LogP contribution >= 0.6 is 11.6 Å². The summed E-state index contributed by atoms with van der Waals surface area (Å²) in [6.45, 7) is 1.23. The Morgan fingerprint density at radius 1 is 1.68 bits per heavy atom. The molecule has 19 heavy (non-hydrogen) atoms. The first-order valence-electron chi connectivity index (χ1n) is 6.09. The highest BCUT2D eigenvalue weighted by atomic mass is 35.5. The maximum atomic E-state index is 11.7. The second-order valence-corrected chi connectivity index (χ2v) is 4.68. The molecule has 1 amide bonds. The van der Waals surface area contributed by atoms with E-state index in [4.69, 9.17) is 21.6 Å². The second-order valence-electron chi connectivity index (χ2n) is 4.30. The van der Waals surface area contributed by atoms with Crippen LogP contribution in [-0.2, 0) is 4.79 Å². The molecule has 2 rings (SSSR count). The monoisotopic (exact) mass is 279 g/mol. The van der Waals surface area contributed by atoms with Gasteiger partial charge >= 0.3 is 0 Å². The summed E-state index contributed by atoms with van der Waals surface area (Å²) >= 11 is 5.55. The van der Waals surface area contributed by atoms with Crippen LogP contribution in [0.25, 0.3) is 0 Å². The molecule has 1 unspecified atom stereocenters. The van der Waals surface area contributed by atoms with E-state index in [0.717, 1.165) is 6.42 Å². The number of amides is 1. The van der Waals surface area contributed by atoms with Crippen LogP contribution in [0.5, 0.6) is 5.88 Å². The largest absolute Gasteiger partial charge is 0.472 e. The molecule has 0 saturated carbocycles. The fourth-order valence-corrected chi connectivity index (χ4v) is 2.17. The fraction of sp³-hybridized carbons (Fsp3) is 0.462. The Kier molecular flexibility index (Phi) is 4.58. The zero-order valence-electron chi connectivity index (χ0n) is 10.4. The number of likely N-dealkylation sites (tertiary alicyclic amines) is 1. The van der Waals surface area contributed by atoms with Crippen molar-refractivity contribution in [1.29, 1.82) is 5.26 Å². The van der Waals surface area contributed by atoms with Crippen molar-refractivity contribution in [2.24, 2.45) is 0 Å². The molecular formula is C13H14ClN3O2. The van der Waals surface area contributed by atoms with Crippen molar-refractivity contribution in [3.63, 3.8) is 0 Å². The van der Waals surface area contributed by atoms with E-state index in [2.05, 4.69) is 4.98 Å². The molecule has 0 radical (unpaired) electrons. The van der Waals surface area contributed by atoms with E-state index < -0.39 is 0 Å². The molecule has 1 saturated heterocycles. The molecule has 5 nitrogen and oxygen atoms in total. The first-order chi connectivity index (χ1) is 9.22. The van der Waals surface area contributed by atoms with E-state index >= 15 is 0 Å². The molecule has 0 bridgehead atoms. The number of ether oxygens (including phenoxy) is 1. The van der Waals surface area contributed by atoms with E-state index in [1.165, 1.54) is 0 Å². The lowest BCUT2D eigenvalue weighted by Crippen LogP contribution is -2.31. The van der Waals surface area contributed by atoms with Gasteiger partial charge in [-0.05, 0) is 6.07 Å². The van der Waals surface area contributed by atoms with Crippen LogP contribution in [0.15, 0.2) is 18.3 Å². The maximum Gasteiger partial charge on any atom is 0.223 e. The average Bonchev–Trinajstić information content (AvgIpc) is 2.88. The number of hydrogen-bond donors (Lipinski definition) is 0. The molecule has 0 spiro atoms. The van der Waals surface area contributed by atoms with E-state index in [0.29, 0.717) is 36.8 Å². The second kappa shape index (κ2) is 6.39. The van der Waals surface area contributed by atoms with Crippen LogP contribution in [0.1, 0.15) is 18.4 Å². The zero-order valence-corrected chi connectivity index (χ0v) is 11.1. The number of halogens is 1. The minimum atomic E-state index is -0.0688. The lowest BCUT2D eigenvalue weighted by molar-refractivity contribution is -0.130. The first-order valence-corrected chi connectivity index (χ1v) is 6.63. The summed E-state index contributed by atoms with van der Waals surface area (Å²) in [5, 5.41) is 8.80. The van der Waals surface area contributed by atoms with Crippen molar-refractivity contribution in [3.05, 3.63) is 23.9 Å². The van der Waals surface area contributed by atoms with Crippen molar-refractivity contribution in [1.82, 2.24) is 9.88 Å². The molecule has 1 atom stereocenters. The summed E-state index contributed by atoms with van der Waals surface area (Å²) in [7, 11) is 0. The third-order valence-corrected chi connectivity index (χ3v) is 3.15. The standard InChI is InChI=1S/C13H14ClN3O2/c14-4-1-13(18)17-6-3-11(9-17)19-12-7-10(8-15)2-5-16-12/h2,5,7,11H,1,3-4,6,9H2. The molecule has 1 aliphatic rings. The normalized spacial score (nSPS) is 18.1. The maximum absolute atomic E-state index is 11.7. The van der Waals surface area contributed by atoms with E-state index in [1.807, 2.05) is 6.07 Å². The van der Waals surface area contributed by atoms with Gasteiger partial charge in [0.1, 0.15) is 6.10 Å². The average molecular weight is 280 g/mol. The quantitative estimate of drug-likeness (QED) is 0.785. The Bertz CT molecular complexity index is 501. The van der Waals surface area contributed by atoms with Gasteiger partial charge in [0, 0.05) is 37.5 Å². The van der Waals surface area contributed by atoms with Gasteiger partial charge in [0.2, 0.25) is 11.8 Å². The van der Waals surface area contributed by atoms with E-state index in [-0.39, 0.29) is 12.0 Å². The van der Waals surface area contributed by atoms with Gasteiger partial charge in [-0.2, -0.15) is 5.26 Å². The predicted molar refractivity (Wildman–Crippen MR) is 69.9 cm³/mol. The smallest absolute Gasteiger partial charge is 0.223 e. The molecular weight excluding hydrogens is 266 g/mol. The zero-order chi connectivity index (χ0) is 13.7. The number of carbonyl (C=O) groups is 1. The highest BCUT2D eigenvalue weighted by molar-refractivity contribution is 6.18. The molecule has 2 heterocycles.